The molecule has 0 aromatic heterocycles. The highest BCUT2D eigenvalue weighted by Crippen LogP contribution is 2.21. The molecule has 1 amide bonds. The van der Waals surface area contributed by atoms with Crippen molar-refractivity contribution < 1.29 is 17.9 Å². The number of rotatable bonds is 6. The molecular weight excluding hydrogens is 330 g/mol. The van der Waals surface area contributed by atoms with Gasteiger partial charge in [0.2, 0.25) is 10.0 Å². The minimum atomic E-state index is -3.49. The van der Waals surface area contributed by atoms with Gasteiger partial charge in [0.25, 0.3) is 5.91 Å². The molecule has 0 bridgehead atoms. The third-order valence-electron chi connectivity index (χ3n) is 4.17. The van der Waals surface area contributed by atoms with Gasteiger partial charge < -0.3 is 15.0 Å². The highest BCUT2D eigenvalue weighted by molar-refractivity contribution is 7.89. The van der Waals surface area contributed by atoms with Gasteiger partial charge in [-0.25, -0.2) is 8.42 Å². The van der Waals surface area contributed by atoms with Crippen LogP contribution in [0.25, 0.3) is 0 Å². The zero-order valence-corrected chi connectivity index (χ0v) is 15.2. The third-order valence-corrected chi connectivity index (χ3v) is 6.08. The molecule has 134 valence electrons. The summed E-state index contributed by atoms with van der Waals surface area (Å²) in [5.74, 6) is 0.223. The van der Waals surface area contributed by atoms with Crippen molar-refractivity contribution in [3.63, 3.8) is 0 Å². The number of hydrogen-bond donors (Lipinski definition) is 1. The molecule has 1 aromatic rings. The smallest absolute Gasteiger partial charge is 0.260 e. The highest BCUT2D eigenvalue weighted by Gasteiger charge is 2.28. The number of benzene rings is 1. The molecule has 1 aromatic carbocycles. The SMILES string of the molecule is CCN1CCN(S(=O)(=O)c2ccc(O[C@H](C)C(=O)NC)cc2)CC1. The summed E-state index contributed by atoms with van der Waals surface area (Å²) in [7, 11) is -1.95. The molecule has 1 fully saturated rings. The van der Waals surface area contributed by atoms with Crippen molar-refractivity contribution in [2.75, 3.05) is 39.8 Å². The van der Waals surface area contributed by atoms with Crippen molar-refractivity contribution in [2.24, 2.45) is 0 Å². The molecule has 0 radical (unpaired) electrons. The molecule has 2 rings (SSSR count). The Balaban J connectivity index is 2.05. The first-order chi connectivity index (χ1) is 11.4. The van der Waals surface area contributed by atoms with E-state index in [0.29, 0.717) is 18.8 Å². The van der Waals surface area contributed by atoms with Crippen molar-refractivity contribution >= 4 is 15.9 Å². The summed E-state index contributed by atoms with van der Waals surface area (Å²) in [5.41, 5.74) is 0. The molecule has 1 aliphatic heterocycles. The summed E-state index contributed by atoms with van der Waals surface area (Å²) in [6.45, 7) is 7.15. The number of likely N-dealkylation sites (N-methyl/N-ethyl adjacent to an activating group) is 2. The van der Waals surface area contributed by atoms with Gasteiger partial charge in [-0.05, 0) is 37.7 Å². The van der Waals surface area contributed by atoms with Crippen LogP contribution in [0.4, 0.5) is 0 Å². The Kier molecular flexibility index (Phi) is 6.20. The van der Waals surface area contributed by atoms with E-state index in [4.69, 9.17) is 4.74 Å². The Morgan fingerprint density at radius 3 is 2.29 bits per heavy atom. The Morgan fingerprint density at radius 2 is 1.79 bits per heavy atom. The number of nitrogens with zero attached hydrogens (tertiary/aromatic N) is 2. The van der Waals surface area contributed by atoms with Crippen LogP contribution in [0.3, 0.4) is 0 Å². The fourth-order valence-electron chi connectivity index (χ4n) is 2.59. The third kappa shape index (κ3) is 4.25. The van der Waals surface area contributed by atoms with E-state index in [1.165, 1.54) is 23.5 Å². The van der Waals surface area contributed by atoms with Gasteiger partial charge >= 0.3 is 0 Å². The molecule has 0 unspecified atom stereocenters. The molecule has 0 saturated carbocycles. The Hall–Kier alpha value is -1.64. The predicted molar refractivity (Wildman–Crippen MR) is 91.5 cm³/mol. The number of piperazine rings is 1. The molecule has 7 nitrogen and oxygen atoms in total. The van der Waals surface area contributed by atoms with E-state index < -0.39 is 16.1 Å². The monoisotopic (exact) mass is 355 g/mol. The zero-order chi connectivity index (χ0) is 17.7. The predicted octanol–water partition coefficient (Wildman–Crippen LogP) is 0.526. The van der Waals surface area contributed by atoms with Crippen LogP contribution in [0.1, 0.15) is 13.8 Å². The normalized spacial score (nSPS) is 18.1. The molecule has 1 N–H and O–H groups in total. The lowest BCUT2D eigenvalue weighted by molar-refractivity contribution is -0.126. The molecule has 1 aliphatic rings. The van der Waals surface area contributed by atoms with Gasteiger partial charge in [-0.1, -0.05) is 6.92 Å². The van der Waals surface area contributed by atoms with Crippen LogP contribution in [-0.4, -0.2) is 69.4 Å². The van der Waals surface area contributed by atoms with E-state index in [1.54, 1.807) is 19.1 Å². The summed E-state index contributed by atoms with van der Waals surface area (Å²) < 4.78 is 32.3. The lowest BCUT2D eigenvalue weighted by atomic mass is 10.3. The molecule has 8 heteroatoms. The number of carbonyl (C=O) groups excluding carboxylic acids is 1. The lowest BCUT2D eigenvalue weighted by Crippen LogP contribution is -2.48. The zero-order valence-electron chi connectivity index (χ0n) is 14.4. The average molecular weight is 355 g/mol. The van der Waals surface area contributed by atoms with Crippen LogP contribution in [-0.2, 0) is 14.8 Å². The Morgan fingerprint density at radius 1 is 1.21 bits per heavy atom. The van der Waals surface area contributed by atoms with E-state index in [1.807, 2.05) is 0 Å². The Bertz CT molecular complexity index is 652. The standard InChI is InChI=1S/C16H25N3O4S/c1-4-18-9-11-19(12-10-18)24(21,22)15-7-5-14(6-8-15)23-13(2)16(20)17-3/h5-8,13H,4,9-12H2,1-3H3,(H,17,20)/t13-/m1/s1. The topological polar surface area (TPSA) is 79.0 Å². The van der Waals surface area contributed by atoms with E-state index in [2.05, 4.69) is 17.1 Å². The second kappa shape index (κ2) is 7.96. The largest absolute Gasteiger partial charge is 0.481 e. The van der Waals surface area contributed by atoms with E-state index in [9.17, 15) is 13.2 Å². The van der Waals surface area contributed by atoms with Crippen LogP contribution in [0.15, 0.2) is 29.2 Å². The maximum atomic E-state index is 12.7. The van der Waals surface area contributed by atoms with Gasteiger partial charge in [0.05, 0.1) is 4.90 Å². The number of nitrogens with one attached hydrogen (secondary N) is 1. The van der Waals surface area contributed by atoms with Crippen LogP contribution < -0.4 is 10.1 Å². The number of hydrogen-bond acceptors (Lipinski definition) is 5. The first-order valence-electron chi connectivity index (χ1n) is 8.09. The highest BCUT2D eigenvalue weighted by atomic mass is 32.2. The summed E-state index contributed by atoms with van der Waals surface area (Å²) in [6.07, 6.45) is -0.639. The summed E-state index contributed by atoms with van der Waals surface area (Å²) in [6, 6.07) is 6.20. The number of carbonyl (C=O) groups is 1. The fraction of sp³-hybridized carbons (Fsp3) is 0.562. The maximum absolute atomic E-state index is 12.7. The summed E-state index contributed by atoms with van der Waals surface area (Å²) in [5, 5.41) is 2.50. The maximum Gasteiger partial charge on any atom is 0.260 e. The molecule has 1 heterocycles. The van der Waals surface area contributed by atoms with Crippen LogP contribution in [0, 0.1) is 0 Å². The van der Waals surface area contributed by atoms with Crippen molar-refractivity contribution in [1.82, 2.24) is 14.5 Å². The van der Waals surface area contributed by atoms with Gasteiger partial charge in [-0.15, -0.1) is 0 Å². The Labute approximate surface area is 143 Å². The molecule has 1 atom stereocenters. The number of sulfonamides is 1. The lowest BCUT2D eigenvalue weighted by Gasteiger charge is -2.33. The number of amides is 1. The fourth-order valence-corrected chi connectivity index (χ4v) is 4.01. The van der Waals surface area contributed by atoms with Crippen LogP contribution in [0.2, 0.25) is 0 Å². The van der Waals surface area contributed by atoms with Crippen molar-refractivity contribution in [1.29, 1.82) is 0 Å². The van der Waals surface area contributed by atoms with Crippen molar-refractivity contribution in [2.45, 2.75) is 24.8 Å². The minimum Gasteiger partial charge on any atom is -0.481 e. The van der Waals surface area contributed by atoms with Gasteiger partial charge in [0.1, 0.15) is 5.75 Å². The van der Waals surface area contributed by atoms with Crippen molar-refractivity contribution in [3.05, 3.63) is 24.3 Å². The summed E-state index contributed by atoms with van der Waals surface area (Å²) >= 11 is 0. The van der Waals surface area contributed by atoms with Gasteiger partial charge in [-0.2, -0.15) is 4.31 Å². The van der Waals surface area contributed by atoms with E-state index in [0.717, 1.165) is 19.6 Å². The minimum absolute atomic E-state index is 0.236. The first kappa shape index (κ1) is 18.7. The van der Waals surface area contributed by atoms with Crippen LogP contribution >= 0.6 is 0 Å². The average Bonchev–Trinajstić information content (AvgIpc) is 2.61. The molecular formula is C16H25N3O4S. The first-order valence-corrected chi connectivity index (χ1v) is 9.53. The summed E-state index contributed by atoms with van der Waals surface area (Å²) in [4.78, 5) is 13.9. The second-order valence-corrected chi connectivity index (χ2v) is 7.62. The second-order valence-electron chi connectivity index (χ2n) is 5.68. The number of ether oxygens (including phenoxy) is 1. The quantitative estimate of drug-likeness (QED) is 0.805. The van der Waals surface area contributed by atoms with Gasteiger partial charge in [0.15, 0.2) is 6.10 Å². The molecule has 0 aliphatic carbocycles. The molecule has 0 spiro atoms. The van der Waals surface area contributed by atoms with Crippen LogP contribution in [0.5, 0.6) is 5.75 Å². The molecule has 24 heavy (non-hydrogen) atoms. The van der Waals surface area contributed by atoms with E-state index in [-0.39, 0.29) is 10.8 Å². The van der Waals surface area contributed by atoms with E-state index >= 15 is 0 Å². The van der Waals surface area contributed by atoms with Crippen molar-refractivity contribution in [3.8, 4) is 5.75 Å². The molecule has 1 saturated heterocycles. The van der Waals surface area contributed by atoms with Gasteiger partial charge in [0, 0.05) is 33.2 Å². The van der Waals surface area contributed by atoms with Gasteiger partial charge in [-0.3, -0.25) is 4.79 Å².